The fourth-order valence-electron chi connectivity index (χ4n) is 3.86. The van der Waals surface area contributed by atoms with E-state index in [0.29, 0.717) is 12.1 Å². The SMILES string of the molecule is CCCCCN1C(=O)C(=O)/C(=C(\O)c2ccc(C)cc2)C1c1ccc(OC(C)C)cc1. The quantitative estimate of drug-likeness (QED) is 0.268. The van der Waals surface area contributed by atoms with Crippen LogP contribution < -0.4 is 4.74 Å². The highest BCUT2D eigenvalue weighted by atomic mass is 16.5. The molecule has 0 aromatic heterocycles. The highest BCUT2D eigenvalue weighted by Gasteiger charge is 2.45. The molecule has 5 heteroatoms. The van der Waals surface area contributed by atoms with Gasteiger partial charge in [-0.1, -0.05) is 61.7 Å². The van der Waals surface area contributed by atoms with Crippen molar-refractivity contribution in [3.8, 4) is 5.75 Å². The van der Waals surface area contributed by atoms with Crippen LogP contribution in [0.15, 0.2) is 54.1 Å². The Labute approximate surface area is 184 Å². The van der Waals surface area contributed by atoms with Crippen LogP contribution in [-0.4, -0.2) is 34.3 Å². The van der Waals surface area contributed by atoms with Gasteiger partial charge in [-0.3, -0.25) is 9.59 Å². The largest absolute Gasteiger partial charge is 0.507 e. The van der Waals surface area contributed by atoms with Crippen LogP contribution in [0, 0.1) is 6.92 Å². The Hall–Kier alpha value is -3.08. The molecule has 2 aromatic rings. The van der Waals surface area contributed by atoms with Gasteiger partial charge >= 0.3 is 0 Å². The summed E-state index contributed by atoms with van der Waals surface area (Å²) in [5.41, 5.74) is 2.50. The molecule has 1 heterocycles. The van der Waals surface area contributed by atoms with Crippen molar-refractivity contribution < 1.29 is 19.4 Å². The van der Waals surface area contributed by atoms with Crippen molar-refractivity contribution in [3.63, 3.8) is 0 Å². The van der Waals surface area contributed by atoms with Gasteiger partial charge in [0.2, 0.25) is 0 Å². The minimum absolute atomic E-state index is 0.0482. The zero-order valence-corrected chi connectivity index (χ0v) is 18.7. The van der Waals surface area contributed by atoms with Gasteiger partial charge in [-0.15, -0.1) is 0 Å². The number of benzene rings is 2. The second-order valence-electron chi connectivity index (χ2n) is 8.30. The first-order chi connectivity index (χ1) is 14.8. The summed E-state index contributed by atoms with van der Waals surface area (Å²) >= 11 is 0. The molecule has 1 aliphatic heterocycles. The molecule has 1 aliphatic rings. The third-order valence-corrected chi connectivity index (χ3v) is 5.44. The summed E-state index contributed by atoms with van der Waals surface area (Å²) in [6.45, 7) is 8.43. The number of hydrogen-bond acceptors (Lipinski definition) is 4. The molecule has 1 unspecified atom stereocenters. The van der Waals surface area contributed by atoms with Crippen molar-refractivity contribution in [1.82, 2.24) is 4.90 Å². The standard InChI is InChI=1S/C26H31NO4/c1-5-6-7-16-27-23(19-12-14-21(15-13-19)31-17(2)3)22(25(29)26(27)30)24(28)20-10-8-18(4)9-11-20/h8-15,17,23,28H,5-7,16H2,1-4H3/b24-22-. The summed E-state index contributed by atoms with van der Waals surface area (Å²) in [4.78, 5) is 27.5. The third kappa shape index (κ3) is 4.98. The van der Waals surface area contributed by atoms with Gasteiger partial charge in [0.15, 0.2) is 0 Å². The zero-order chi connectivity index (χ0) is 22.5. The zero-order valence-electron chi connectivity index (χ0n) is 18.7. The van der Waals surface area contributed by atoms with Crippen molar-refractivity contribution >= 4 is 17.4 Å². The van der Waals surface area contributed by atoms with E-state index in [4.69, 9.17) is 4.74 Å². The van der Waals surface area contributed by atoms with Crippen molar-refractivity contribution in [2.45, 2.75) is 59.1 Å². The van der Waals surface area contributed by atoms with Crippen LogP contribution in [0.5, 0.6) is 5.75 Å². The van der Waals surface area contributed by atoms with E-state index in [2.05, 4.69) is 6.92 Å². The van der Waals surface area contributed by atoms with Crippen molar-refractivity contribution in [3.05, 3.63) is 70.8 Å². The first kappa shape index (κ1) is 22.6. The van der Waals surface area contributed by atoms with Gasteiger partial charge in [-0.25, -0.2) is 0 Å². The number of Topliss-reactive ketones (excluding diaryl/α,β-unsaturated/α-hetero) is 1. The number of carbonyl (C=O) groups is 2. The number of hydrogen-bond donors (Lipinski definition) is 1. The monoisotopic (exact) mass is 421 g/mol. The molecule has 5 nitrogen and oxygen atoms in total. The number of aliphatic hydroxyl groups is 1. The van der Waals surface area contributed by atoms with Gasteiger partial charge < -0.3 is 14.7 Å². The number of ether oxygens (including phenoxy) is 1. The van der Waals surface area contributed by atoms with Gasteiger partial charge in [-0.05, 0) is 44.9 Å². The topological polar surface area (TPSA) is 66.8 Å². The predicted molar refractivity (Wildman–Crippen MR) is 122 cm³/mol. The number of aryl methyl sites for hydroxylation is 1. The van der Waals surface area contributed by atoms with Crippen LogP contribution in [0.2, 0.25) is 0 Å². The van der Waals surface area contributed by atoms with Gasteiger partial charge in [0.05, 0.1) is 17.7 Å². The highest BCUT2D eigenvalue weighted by molar-refractivity contribution is 6.46. The maximum absolute atomic E-state index is 13.0. The fourth-order valence-corrected chi connectivity index (χ4v) is 3.86. The van der Waals surface area contributed by atoms with Crippen LogP contribution in [-0.2, 0) is 9.59 Å². The molecule has 0 spiro atoms. The average Bonchev–Trinajstić information content (AvgIpc) is 2.99. The van der Waals surface area contributed by atoms with Crippen molar-refractivity contribution in [2.24, 2.45) is 0 Å². The number of amides is 1. The first-order valence-corrected chi connectivity index (χ1v) is 11.0. The molecule has 1 atom stereocenters. The average molecular weight is 422 g/mol. The van der Waals surface area contributed by atoms with E-state index in [0.717, 1.165) is 36.1 Å². The van der Waals surface area contributed by atoms with Crippen molar-refractivity contribution in [1.29, 1.82) is 0 Å². The normalized spacial score (nSPS) is 18.1. The summed E-state index contributed by atoms with van der Waals surface area (Å²) in [7, 11) is 0. The Morgan fingerprint density at radius 3 is 2.26 bits per heavy atom. The van der Waals surface area contributed by atoms with Crippen LogP contribution in [0.4, 0.5) is 0 Å². The van der Waals surface area contributed by atoms with Gasteiger partial charge in [-0.2, -0.15) is 0 Å². The number of likely N-dealkylation sites (tertiary alicyclic amines) is 1. The molecule has 1 amide bonds. The fraction of sp³-hybridized carbons (Fsp3) is 0.385. The number of carbonyl (C=O) groups excluding carboxylic acids is 2. The number of aliphatic hydroxyl groups excluding tert-OH is 1. The lowest BCUT2D eigenvalue weighted by Crippen LogP contribution is -2.30. The smallest absolute Gasteiger partial charge is 0.295 e. The molecule has 0 radical (unpaired) electrons. The summed E-state index contributed by atoms with van der Waals surface area (Å²) in [5, 5.41) is 11.0. The lowest BCUT2D eigenvalue weighted by Gasteiger charge is -2.25. The van der Waals surface area contributed by atoms with E-state index in [9.17, 15) is 14.7 Å². The van der Waals surface area contributed by atoms with Crippen LogP contribution >= 0.6 is 0 Å². The minimum Gasteiger partial charge on any atom is -0.507 e. The number of rotatable bonds is 8. The highest BCUT2D eigenvalue weighted by Crippen LogP contribution is 2.40. The van der Waals surface area contributed by atoms with Gasteiger partial charge in [0.1, 0.15) is 11.5 Å². The molecule has 3 rings (SSSR count). The number of ketones is 1. The van der Waals surface area contributed by atoms with Crippen LogP contribution in [0.3, 0.4) is 0 Å². The molecule has 1 N–H and O–H groups in total. The third-order valence-electron chi connectivity index (χ3n) is 5.44. The minimum atomic E-state index is -0.637. The van der Waals surface area contributed by atoms with Gasteiger partial charge in [0, 0.05) is 12.1 Å². The molecule has 0 bridgehead atoms. The maximum Gasteiger partial charge on any atom is 0.295 e. The molecule has 0 aliphatic carbocycles. The summed E-state index contributed by atoms with van der Waals surface area (Å²) in [6.07, 6.45) is 2.83. The summed E-state index contributed by atoms with van der Waals surface area (Å²) in [5.74, 6) is -0.608. The first-order valence-electron chi connectivity index (χ1n) is 11.0. The second-order valence-corrected chi connectivity index (χ2v) is 8.30. The Bertz CT molecular complexity index is 958. The van der Waals surface area contributed by atoms with E-state index in [1.807, 2.05) is 57.2 Å². The van der Waals surface area contributed by atoms with Crippen LogP contribution in [0.1, 0.15) is 62.8 Å². The second kappa shape index (κ2) is 9.82. The summed E-state index contributed by atoms with van der Waals surface area (Å²) < 4.78 is 5.73. The van der Waals surface area contributed by atoms with E-state index >= 15 is 0 Å². The Kier molecular flexibility index (Phi) is 7.16. The molecule has 2 aromatic carbocycles. The van der Waals surface area contributed by atoms with E-state index in [1.54, 1.807) is 17.0 Å². The molecule has 31 heavy (non-hydrogen) atoms. The molecule has 164 valence electrons. The molecule has 1 fully saturated rings. The lowest BCUT2D eigenvalue weighted by atomic mass is 9.95. The Balaban J connectivity index is 2.06. The molecule has 1 saturated heterocycles. The van der Waals surface area contributed by atoms with E-state index in [1.165, 1.54) is 0 Å². The van der Waals surface area contributed by atoms with E-state index < -0.39 is 17.7 Å². The Morgan fingerprint density at radius 2 is 1.68 bits per heavy atom. The van der Waals surface area contributed by atoms with Gasteiger partial charge in [0.25, 0.3) is 11.7 Å². The lowest BCUT2D eigenvalue weighted by molar-refractivity contribution is -0.139. The van der Waals surface area contributed by atoms with Crippen molar-refractivity contribution in [2.75, 3.05) is 6.54 Å². The Morgan fingerprint density at radius 1 is 1.03 bits per heavy atom. The number of nitrogens with zero attached hydrogens (tertiary/aromatic N) is 1. The maximum atomic E-state index is 13.0. The molecule has 0 saturated carbocycles. The summed E-state index contributed by atoms with van der Waals surface area (Å²) in [6, 6.07) is 14.1. The molecular formula is C26H31NO4. The van der Waals surface area contributed by atoms with Crippen LogP contribution in [0.25, 0.3) is 5.76 Å². The van der Waals surface area contributed by atoms with E-state index in [-0.39, 0.29) is 17.4 Å². The predicted octanol–water partition coefficient (Wildman–Crippen LogP) is 5.39. The molecular weight excluding hydrogens is 390 g/mol. The number of unbranched alkanes of at least 4 members (excludes halogenated alkanes) is 2.